The molecule has 0 amide bonds. The van der Waals surface area contributed by atoms with Crippen LogP contribution in [0.15, 0.2) is 60.4 Å². The third-order valence-corrected chi connectivity index (χ3v) is 2.52. The van der Waals surface area contributed by atoms with E-state index < -0.39 is 0 Å². The molecule has 1 aliphatic rings. The fourth-order valence-electron chi connectivity index (χ4n) is 1.58. The van der Waals surface area contributed by atoms with Crippen molar-refractivity contribution in [1.82, 2.24) is 0 Å². The van der Waals surface area contributed by atoms with Gasteiger partial charge in [-0.2, -0.15) is 0 Å². The Morgan fingerprint density at radius 1 is 1.07 bits per heavy atom. The molecule has 0 aliphatic heterocycles. The van der Waals surface area contributed by atoms with Gasteiger partial charge in [0.2, 0.25) is 0 Å². The Bertz CT molecular complexity index is 449. The summed E-state index contributed by atoms with van der Waals surface area (Å²) >= 11 is 0. The topological polar surface area (TPSA) is 0 Å². The van der Waals surface area contributed by atoms with Gasteiger partial charge in [-0.05, 0) is 41.3 Å². The van der Waals surface area contributed by atoms with Crippen LogP contribution >= 0.6 is 0 Å². The van der Waals surface area contributed by atoms with Crippen LogP contribution in [0.3, 0.4) is 0 Å². The molecule has 1 aromatic rings. The zero-order chi connectivity index (χ0) is 10.5. The maximum Gasteiger partial charge on any atom is -0.0178 e. The lowest BCUT2D eigenvalue weighted by atomic mass is 10.0. The molecular weight excluding hydrogens is 180 g/mol. The highest BCUT2D eigenvalue weighted by Gasteiger charge is 1.97. The summed E-state index contributed by atoms with van der Waals surface area (Å²) in [5.74, 6) is 0. The van der Waals surface area contributed by atoms with Crippen LogP contribution in [0.1, 0.15) is 18.1 Å². The van der Waals surface area contributed by atoms with E-state index in [9.17, 15) is 0 Å². The van der Waals surface area contributed by atoms with E-state index in [1.54, 1.807) is 0 Å². The first-order valence-corrected chi connectivity index (χ1v) is 5.29. The molecule has 0 saturated heterocycles. The molecule has 0 bridgehead atoms. The molecule has 0 radical (unpaired) electrons. The van der Waals surface area contributed by atoms with Crippen molar-refractivity contribution in [2.24, 2.45) is 0 Å². The van der Waals surface area contributed by atoms with Crippen molar-refractivity contribution in [3.05, 3.63) is 71.5 Å². The first kappa shape index (κ1) is 9.76. The molecule has 0 heteroatoms. The summed E-state index contributed by atoms with van der Waals surface area (Å²) in [5, 5.41) is 0. The number of hydrogen-bond donors (Lipinski definition) is 0. The van der Waals surface area contributed by atoms with Gasteiger partial charge in [-0.3, -0.25) is 0 Å². The molecule has 0 nitrogen and oxygen atoms in total. The summed E-state index contributed by atoms with van der Waals surface area (Å²) in [5.41, 5.74) is 6.93. The second-order valence-electron chi connectivity index (χ2n) is 3.53. The Hall–Kier alpha value is -1.78. The van der Waals surface area contributed by atoms with E-state index in [4.69, 9.17) is 0 Å². The molecule has 0 saturated carbocycles. The molecule has 0 atom stereocenters. The first-order valence-electron chi connectivity index (χ1n) is 5.29. The Morgan fingerprint density at radius 3 is 2.60 bits per heavy atom. The Balaban J connectivity index is 2.30. The normalized spacial score (nSPS) is 13.8. The van der Waals surface area contributed by atoms with E-state index in [2.05, 4.69) is 49.1 Å². The monoisotopic (exact) mass is 194 g/mol. The summed E-state index contributed by atoms with van der Waals surface area (Å²) in [7, 11) is 0. The van der Waals surface area contributed by atoms with Gasteiger partial charge < -0.3 is 0 Å². The van der Waals surface area contributed by atoms with E-state index in [0.29, 0.717) is 0 Å². The fraction of sp³-hybridized carbons (Fsp3) is 0.133. The van der Waals surface area contributed by atoms with Crippen molar-refractivity contribution in [2.75, 3.05) is 0 Å². The van der Waals surface area contributed by atoms with Gasteiger partial charge in [-0.15, -0.1) is 5.73 Å². The van der Waals surface area contributed by atoms with E-state index in [0.717, 1.165) is 6.42 Å². The molecule has 0 N–H and O–H groups in total. The predicted molar refractivity (Wildman–Crippen MR) is 65.6 cm³/mol. The van der Waals surface area contributed by atoms with Gasteiger partial charge >= 0.3 is 0 Å². The van der Waals surface area contributed by atoms with Gasteiger partial charge in [0.1, 0.15) is 0 Å². The molecule has 0 heterocycles. The van der Waals surface area contributed by atoms with Crippen LogP contribution in [0.4, 0.5) is 0 Å². The third kappa shape index (κ3) is 2.37. The Morgan fingerprint density at radius 2 is 1.87 bits per heavy atom. The standard InChI is InChI=1S/C15H14/c1-2-13-9-11-15(12-10-13)14-7-5-3-4-6-8-14/h3,5-12H,2H2,1H3. The number of hydrogen-bond acceptors (Lipinski definition) is 0. The van der Waals surface area contributed by atoms with Crippen LogP contribution in [-0.2, 0) is 6.42 Å². The number of allylic oxidation sites excluding steroid dienone is 5. The van der Waals surface area contributed by atoms with Crippen LogP contribution < -0.4 is 0 Å². The van der Waals surface area contributed by atoms with Gasteiger partial charge in [0.15, 0.2) is 0 Å². The van der Waals surface area contributed by atoms with E-state index >= 15 is 0 Å². The lowest BCUT2D eigenvalue weighted by Crippen LogP contribution is -1.83. The summed E-state index contributed by atoms with van der Waals surface area (Å²) in [6, 6.07) is 8.72. The second-order valence-corrected chi connectivity index (χ2v) is 3.53. The van der Waals surface area contributed by atoms with Gasteiger partial charge in [-0.25, -0.2) is 0 Å². The molecule has 0 unspecified atom stereocenters. The van der Waals surface area contributed by atoms with Gasteiger partial charge in [-0.1, -0.05) is 43.3 Å². The highest BCUT2D eigenvalue weighted by Crippen LogP contribution is 2.18. The van der Waals surface area contributed by atoms with Crippen molar-refractivity contribution in [1.29, 1.82) is 0 Å². The average Bonchev–Trinajstić information content (AvgIpc) is 2.58. The smallest absolute Gasteiger partial charge is 0.0178 e. The van der Waals surface area contributed by atoms with Crippen molar-refractivity contribution in [2.45, 2.75) is 13.3 Å². The lowest BCUT2D eigenvalue weighted by molar-refractivity contribution is 1.14. The number of benzene rings is 1. The molecule has 0 spiro atoms. The van der Waals surface area contributed by atoms with Crippen molar-refractivity contribution >= 4 is 5.57 Å². The maximum absolute atomic E-state index is 3.06. The summed E-state index contributed by atoms with van der Waals surface area (Å²) in [6.45, 7) is 2.17. The molecular formula is C15H14. The fourth-order valence-corrected chi connectivity index (χ4v) is 1.58. The van der Waals surface area contributed by atoms with Gasteiger partial charge in [0.05, 0.1) is 0 Å². The quantitative estimate of drug-likeness (QED) is 0.626. The lowest BCUT2D eigenvalue weighted by Gasteiger charge is -2.02. The average molecular weight is 194 g/mol. The van der Waals surface area contributed by atoms with Crippen molar-refractivity contribution in [3.63, 3.8) is 0 Å². The zero-order valence-corrected chi connectivity index (χ0v) is 8.90. The molecule has 15 heavy (non-hydrogen) atoms. The molecule has 2 rings (SSSR count). The Labute approximate surface area is 91.0 Å². The number of aryl methyl sites for hydroxylation is 1. The molecule has 74 valence electrons. The highest BCUT2D eigenvalue weighted by atomic mass is 14.0. The SMILES string of the molecule is CCc1ccc(C2=CC=C=CC=C2)cc1. The minimum absolute atomic E-state index is 1.09. The molecule has 0 fully saturated rings. The van der Waals surface area contributed by atoms with Crippen LogP contribution in [-0.4, -0.2) is 0 Å². The molecule has 1 aliphatic carbocycles. The third-order valence-electron chi connectivity index (χ3n) is 2.52. The van der Waals surface area contributed by atoms with Crippen LogP contribution in [0.5, 0.6) is 0 Å². The van der Waals surface area contributed by atoms with Gasteiger partial charge in [0, 0.05) is 0 Å². The second kappa shape index (κ2) is 4.63. The van der Waals surface area contributed by atoms with E-state index in [1.165, 1.54) is 16.7 Å². The predicted octanol–water partition coefficient (Wildman–Crippen LogP) is 3.91. The van der Waals surface area contributed by atoms with Crippen LogP contribution in [0.25, 0.3) is 5.57 Å². The van der Waals surface area contributed by atoms with Gasteiger partial charge in [0.25, 0.3) is 0 Å². The minimum atomic E-state index is 1.09. The molecule has 0 aromatic heterocycles. The Kier molecular flexibility index (Phi) is 3.02. The van der Waals surface area contributed by atoms with Crippen LogP contribution in [0, 0.1) is 0 Å². The largest absolute Gasteiger partial charge is 0.121 e. The molecule has 1 aromatic carbocycles. The highest BCUT2D eigenvalue weighted by molar-refractivity contribution is 5.76. The minimum Gasteiger partial charge on any atom is -0.121 e. The maximum atomic E-state index is 3.06. The van der Waals surface area contributed by atoms with Crippen molar-refractivity contribution < 1.29 is 0 Å². The zero-order valence-electron chi connectivity index (χ0n) is 8.90. The summed E-state index contributed by atoms with van der Waals surface area (Å²) in [6.07, 6.45) is 11.2. The number of rotatable bonds is 2. The summed E-state index contributed by atoms with van der Waals surface area (Å²) < 4.78 is 0. The van der Waals surface area contributed by atoms with Crippen LogP contribution in [0.2, 0.25) is 0 Å². The van der Waals surface area contributed by atoms with E-state index in [1.807, 2.05) is 18.2 Å². The van der Waals surface area contributed by atoms with Crippen molar-refractivity contribution in [3.8, 4) is 0 Å². The van der Waals surface area contributed by atoms with E-state index in [-0.39, 0.29) is 0 Å². The summed E-state index contributed by atoms with van der Waals surface area (Å²) in [4.78, 5) is 0. The first-order chi connectivity index (χ1) is 7.40.